The fourth-order valence-electron chi connectivity index (χ4n) is 2.29. The molecule has 0 saturated heterocycles. The smallest absolute Gasteiger partial charge is 0.198 e. The number of rotatable bonds is 4. The zero-order chi connectivity index (χ0) is 16.4. The van der Waals surface area contributed by atoms with Crippen molar-refractivity contribution in [3.8, 4) is 11.4 Å². The van der Waals surface area contributed by atoms with Gasteiger partial charge in [-0.25, -0.2) is 9.07 Å². The average Bonchev–Trinajstić information content (AvgIpc) is 2.96. The van der Waals surface area contributed by atoms with E-state index in [1.54, 1.807) is 19.2 Å². The molecule has 0 amide bonds. The maximum absolute atomic E-state index is 13.0. The number of para-hydroxylation sites is 2. The summed E-state index contributed by atoms with van der Waals surface area (Å²) in [5.41, 5.74) is 7.30. The number of hydrogen-bond donors (Lipinski definition) is 1. The van der Waals surface area contributed by atoms with E-state index >= 15 is 0 Å². The van der Waals surface area contributed by atoms with Gasteiger partial charge in [-0.05, 0) is 36.4 Å². The number of carbonyl (C=O) groups is 1. The number of ether oxygens (including phenoxy) is 1. The quantitative estimate of drug-likeness (QED) is 0.752. The highest BCUT2D eigenvalue weighted by Crippen LogP contribution is 2.26. The van der Waals surface area contributed by atoms with E-state index in [-0.39, 0.29) is 17.2 Å². The number of anilines is 1. The van der Waals surface area contributed by atoms with Crippen molar-refractivity contribution in [2.45, 2.75) is 0 Å². The summed E-state index contributed by atoms with van der Waals surface area (Å²) in [6.45, 7) is 0. The lowest BCUT2D eigenvalue weighted by molar-refractivity contribution is 0.103. The molecule has 2 aromatic carbocycles. The first-order valence-corrected chi connectivity index (χ1v) is 6.89. The van der Waals surface area contributed by atoms with Gasteiger partial charge in [0.2, 0.25) is 0 Å². The lowest BCUT2D eigenvalue weighted by Gasteiger charge is -2.09. The maximum Gasteiger partial charge on any atom is 0.198 e. The number of methoxy groups -OCH3 is 1. The summed E-state index contributed by atoms with van der Waals surface area (Å²) in [4.78, 5) is 12.5. The van der Waals surface area contributed by atoms with E-state index in [0.717, 1.165) is 0 Å². The highest BCUT2D eigenvalue weighted by molar-refractivity contribution is 6.11. The molecule has 0 spiro atoms. The second-order valence-electron chi connectivity index (χ2n) is 4.86. The van der Waals surface area contributed by atoms with Gasteiger partial charge in [0.15, 0.2) is 5.78 Å². The van der Waals surface area contributed by atoms with Crippen LogP contribution in [-0.2, 0) is 0 Å². The zero-order valence-electron chi connectivity index (χ0n) is 12.4. The number of benzene rings is 2. The Morgan fingerprint density at radius 1 is 1.17 bits per heavy atom. The van der Waals surface area contributed by atoms with Crippen LogP contribution in [0.25, 0.3) is 5.69 Å². The van der Waals surface area contributed by atoms with Gasteiger partial charge < -0.3 is 10.5 Å². The Kier molecular flexibility index (Phi) is 3.80. The first-order chi connectivity index (χ1) is 11.1. The van der Waals surface area contributed by atoms with Gasteiger partial charge in [-0.15, -0.1) is 0 Å². The highest BCUT2D eigenvalue weighted by atomic mass is 19.1. The number of nitrogen functional groups attached to an aromatic ring is 1. The van der Waals surface area contributed by atoms with Crippen molar-refractivity contribution in [1.82, 2.24) is 9.78 Å². The maximum atomic E-state index is 13.0. The number of carbonyl (C=O) groups excluding carboxylic acids is 1. The summed E-state index contributed by atoms with van der Waals surface area (Å²) in [7, 11) is 1.54. The van der Waals surface area contributed by atoms with Gasteiger partial charge in [0.1, 0.15) is 23.1 Å². The number of nitrogens with two attached hydrogens (primary N) is 1. The number of aromatic nitrogens is 2. The molecular formula is C17H14FN3O2. The second-order valence-corrected chi connectivity index (χ2v) is 4.86. The number of hydrogen-bond acceptors (Lipinski definition) is 4. The van der Waals surface area contributed by atoms with Crippen molar-refractivity contribution in [2.75, 3.05) is 12.8 Å². The Balaban J connectivity index is 2.02. The monoisotopic (exact) mass is 311 g/mol. The van der Waals surface area contributed by atoms with Gasteiger partial charge in [0.25, 0.3) is 0 Å². The van der Waals surface area contributed by atoms with Crippen molar-refractivity contribution in [2.24, 2.45) is 0 Å². The molecule has 0 saturated carbocycles. The van der Waals surface area contributed by atoms with E-state index in [4.69, 9.17) is 10.5 Å². The minimum absolute atomic E-state index is 0.198. The van der Waals surface area contributed by atoms with E-state index in [1.165, 1.54) is 35.1 Å². The van der Waals surface area contributed by atoms with Crippen molar-refractivity contribution < 1.29 is 13.9 Å². The molecule has 0 aliphatic heterocycles. The van der Waals surface area contributed by atoms with Gasteiger partial charge in [0, 0.05) is 5.56 Å². The third-order valence-electron chi connectivity index (χ3n) is 3.47. The van der Waals surface area contributed by atoms with E-state index in [1.807, 2.05) is 12.1 Å². The molecule has 5 nitrogen and oxygen atoms in total. The van der Waals surface area contributed by atoms with Gasteiger partial charge in [-0.1, -0.05) is 12.1 Å². The molecule has 2 N–H and O–H groups in total. The summed E-state index contributed by atoms with van der Waals surface area (Å²) in [6.07, 6.45) is 1.40. The molecule has 23 heavy (non-hydrogen) atoms. The van der Waals surface area contributed by atoms with Gasteiger partial charge in [-0.3, -0.25) is 4.79 Å². The molecule has 6 heteroatoms. The minimum Gasteiger partial charge on any atom is -0.494 e. The van der Waals surface area contributed by atoms with E-state index < -0.39 is 5.82 Å². The lowest BCUT2D eigenvalue weighted by atomic mass is 10.1. The van der Waals surface area contributed by atoms with Crippen molar-refractivity contribution in [3.05, 3.63) is 71.7 Å². The van der Waals surface area contributed by atoms with Crippen LogP contribution < -0.4 is 10.5 Å². The Hall–Kier alpha value is -3.15. The molecule has 0 fully saturated rings. The molecule has 1 heterocycles. The zero-order valence-corrected chi connectivity index (χ0v) is 12.4. The van der Waals surface area contributed by atoms with Crippen LogP contribution in [0.15, 0.2) is 54.7 Å². The fraction of sp³-hybridized carbons (Fsp3) is 0.0588. The van der Waals surface area contributed by atoms with Crippen LogP contribution in [0, 0.1) is 5.82 Å². The molecule has 0 atom stereocenters. The normalized spacial score (nSPS) is 10.5. The molecule has 0 bridgehead atoms. The van der Waals surface area contributed by atoms with Crippen LogP contribution in [0.3, 0.4) is 0 Å². The number of halogens is 1. The van der Waals surface area contributed by atoms with Crippen LogP contribution in [0.4, 0.5) is 10.2 Å². The molecule has 116 valence electrons. The van der Waals surface area contributed by atoms with E-state index in [2.05, 4.69) is 5.10 Å². The van der Waals surface area contributed by atoms with Crippen LogP contribution in [0.2, 0.25) is 0 Å². The van der Waals surface area contributed by atoms with Crippen LogP contribution in [0.1, 0.15) is 15.9 Å². The van der Waals surface area contributed by atoms with Crippen LogP contribution >= 0.6 is 0 Å². The van der Waals surface area contributed by atoms with Crippen molar-refractivity contribution in [1.29, 1.82) is 0 Å². The van der Waals surface area contributed by atoms with Crippen LogP contribution in [0.5, 0.6) is 5.75 Å². The summed E-state index contributed by atoms with van der Waals surface area (Å²) in [5, 5.41) is 4.18. The first kappa shape index (κ1) is 14.8. The largest absolute Gasteiger partial charge is 0.494 e. The molecule has 0 aliphatic carbocycles. The highest BCUT2D eigenvalue weighted by Gasteiger charge is 2.19. The van der Waals surface area contributed by atoms with E-state index in [0.29, 0.717) is 17.0 Å². The third-order valence-corrected chi connectivity index (χ3v) is 3.47. The summed E-state index contributed by atoms with van der Waals surface area (Å²) < 4.78 is 19.7. The predicted molar refractivity (Wildman–Crippen MR) is 84.4 cm³/mol. The Labute approximate surface area is 132 Å². The summed E-state index contributed by atoms with van der Waals surface area (Å²) in [5.74, 6) is 0.0646. The average molecular weight is 311 g/mol. The van der Waals surface area contributed by atoms with Gasteiger partial charge in [-0.2, -0.15) is 5.10 Å². The summed E-state index contributed by atoms with van der Waals surface area (Å²) in [6, 6.07) is 12.5. The SMILES string of the molecule is COc1ccccc1-n1ncc(C(=O)c2ccc(F)cc2)c1N. The van der Waals surface area contributed by atoms with Crippen LogP contribution in [-0.4, -0.2) is 22.7 Å². The lowest BCUT2D eigenvalue weighted by Crippen LogP contribution is -2.08. The van der Waals surface area contributed by atoms with E-state index in [9.17, 15) is 9.18 Å². The Bertz CT molecular complexity index is 857. The third kappa shape index (κ3) is 2.66. The number of ketones is 1. The van der Waals surface area contributed by atoms with Gasteiger partial charge in [0.05, 0.1) is 18.9 Å². The van der Waals surface area contributed by atoms with Gasteiger partial charge >= 0.3 is 0 Å². The van der Waals surface area contributed by atoms with Crippen molar-refractivity contribution >= 4 is 11.6 Å². The second kappa shape index (κ2) is 5.92. The molecule has 0 aliphatic rings. The molecule has 3 rings (SSSR count). The standard InChI is InChI=1S/C17H14FN3O2/c1-23-15-5-3-2-4-14(15)21-17(19)13(10-20-21)16(22)11-6-8-12(18)9-7-11/h2-10H,19H2,1H3. The first-order valence-electron chi connectivity index (χ1n) is 6.89. The molecular weight excluding hydrogens is 297 g/mol. The molecule has 0 unspecified atom stereocenters. The Morgan fingerprint density at radius 2 is 1.87 bits per heavy atom. The molecule has 0 radical (unpaired) electrons. The molecule has 3 aromatic rings. The van der Waals surface area contributed by atoms with Crippen molar-refractivity contribution in [3.63, 3.8) is 0 Å². The molecule has 1 aromatic heterocycles. The predicted octanol–water partition coefficient (Wildman–Crippen LogP) is 2.83. The topological polar surface area (TPSA) is 70.1 Å². The fourth-order valence-corrected chi connectivity index (χ4v) is 2.29. The number of nitrogens with zero attached hydrogens (tertiary/aromatic N) is 2. The summed E-state index contributed by atoms with van der Waals surface area (Å²) >= 11 is 0. The minimum atomic E-state index is -0.403. The Morgan fingerprint density at radius 3 is 2.57 bits per heavy atom.